The second-order valence-corrected chi connectivity index (χ2v) is 6.35. The first-order chi connectivity index (χ1) is 12.7. The van der Waals surface area contributed by atoms with Gasteiger partial charge in [0, 0.05) is 21.3 Å². The van der Waals surface area contributed by atoms with Crippen molar-refractivity contribution in [3.05, 3.63) is 77.0 Å². The van der Waals surface area contributed by atoms with Crippen LogP contribution in [0.1, 0.15) is 10.4 Å². The molecular weight excluding hydrogens is 398 g/mol. The molecule has 0 unspecified atom stereocenters. The smallest absolute Gasteiger partial charge is 0.283 e. The Balaban J connectivity index is 1.49. The molecular formula is C19H12BrN3O3. The molecule has 1 N–H and O–H groups in total. The molecule has 2 aromatic heterocycles. The third-order valence-corrected chi connectivity index (χ3v) is 4.13. The van der Waals surface area contributed by atoms with Gasteiger partial charge in [-0.05, 0) is 54.6 Å². The van der Waals surface area contributed by atoms with E-state index in [0.717, 1.165) is 10.0 Å². The van der Waals surface area contributed by atoms with Crippen molar-refractivity contribution in [2.24, 2.45) is 0 Å². The number of carbonyl (C=O) groups is 1. The van der Waals surface area contributed by atoms with Crippen LogP contribution in [-0.4, -0.2) is 16.1 Å². The summed E-state index contributed by atoms with van der Waals surface area (Å²) in [5, 5.41) is 10.8. The van der Waals surface area contributed by atoms with E-state index in [1.165, 1.54) is 0 Å². The number of aromatic nitrogens is 2. The van der Waals surface area contributed by atoms with Crippen LogP contribution in [0, 0.1) is 0 Å². The summed E-state index contributed by atoms with van der Waals surface area (Å²) in [6.45, 7) is 0. The Kier molecular flexibility index (Phi) is 4.37. The molecule has 0 aliphatic carbocycles. The molecule has 0 spiro atoms. The van der Waals surface area contributed by atoms with Crippen molar-refractivity contribution < 1.29 is 13.6 Å². The molecule has 6 nitrogen and oxygen atoms in total. The first-order valence-electron chi connectivity index (χ1n) is 7.74. The van der Waals surface area contributed by atoms with Crippen LogP contribution in [0.25, 0.3) is 23.1 Å². The molecule has 2 aromatic carbocycles. The van der Waals surface area contributed by atoms with Gasteiger partial charge in [0.2, 0.25) is 5.89 Å². The summed E-state index contributed by atoms with van der Waals surface area (Å²) in [4.78, 5) is 12.3. The molecule has 0 saturated heterocycles. The fourth-order valence-electron chi connectivity index (χ4n) is 2.37. The topological polar surface area (TPSA) is 81.2 Å². The molecule has 1 amide bonds. The van der Waals surface area contributed by atoms with Crippen molar-refractivity contribution in [3.8, 4) is 23.1 Å². The monoisotopic (exact) mass is 409 g/mol. The van der Waals surface area contributed by atoms with Gasteiger partial charge in [-0.1, -0.05) is 22.0 Å². The van der Waals surface area contributed by atoms with Gasteiger partial charge >= 0.3 is 0 Å². The first kappa shape index (κ1) is 16.3. The number of nitrogens with one attached hydrogen (secondary N) is 1. The molecule has 0 aliphatic heterocycles. The second kappa shape index (κ2) is 6.97. The van der Waals surface area contributed by atoms with Crippen molar-refractivity contribution >= 4 is 27.5 Å². The van der Waals surface area contributed by atoms with E-state index in [1.54, 1.807) is 54.8 Å². The standard InChI is InChI=1S/C19H12BrN3O3/c20-14-4-1-3-13(11-14)17(24)21-15-8-6-12(7-9-15)18-22-23-19(26-18)16-5-2-10-25-16/h1-11H,(H,21,24). The molecule has 0 radical (unpaired) electrons. The van der Waals surface area contributed by atoms with Crippen LogP contribution >= 0.6 is 15.9 Å². The summed E-state index contributed by atoms with van der Waals surface area (Å²) in [5.41, 5.74) is 1.99. The largest absolute Gasteiger partial charge is 0.459 e. The molecule has 128 valence electrons. The first-order valence-corrected chi connectivity index (χ1v) is 8.53. The van der Waals surface area contributed by atoms with E-state index >= 15 is 0 Å². The van der Waals surface area contributed by atoms with E-state index in [1.807, 2.05) is 12.1 Å². The highest BCUT2D eigenvalue weighted by atomic mass is 79.9. The number of nitrogens with zero attached hydrogens (tertiary/aromatic N) is 2. The maximum Gasteiger partial charge on any atom is 0.283 e. The zero-order chi connectivity index (χ0) is 17.9. The molecule has 0 aliphatic rings. The minimum absolute atomic E-state index is 0.183. The molecule has 26 heavy (non-hydrogen) atoms. The van der Waals surface area contributed by atoms with E-state index in [-0.39, 0.29) is 5.91 Å². The number of halogens is 1. The number of amides is 1. The number of hydrogen-bond acceptors (Lipinski definition) is 5. The van der Waals surface area contributed by atoms with Crippen LogP contribution in [0.15, 0.2) is 80.2 Å². The molecule has 0 bridgehead atoms. The van der Waals surface area contributed by atoms with Crippen LogP contribution < -0.4 is 5.32 Å². The predicted molar refractivity (Wildman–Crippen MR) is 99.5 cm³/mol. The van der Waals surface area contributed by atoms with Gasteiger partial charge in [0.05, 0.1) is 6.26 Å². The summed E-state index contributed by atoms with van der Waals surface area (Å²) in [6.07, 6.45) is 1.54. The highest BCUT2D eigenvalue weighted by molar-refractivity contribution is 9.10. The van der Waals surface area contributed by atoms with Crippen molar-refractivity contribution in [2.45, 2.75) is 0 Å². The molecule has 4 aromatic rings. The molecule has 7 heteroatoms. The molecule has 0 atom stereocenters. The Morgan fingerprint density at radius 2 is 1.77 bits per heavy atom. The summed E-state index contributed by atoms with van der Waals surface area (Å²) in [5.74, 6) is 1.02. The summed E-state index contributed by atoms with van der Waals surface area (Å²) < 4.78 is 11.7. The molecule has 0 fully saturated rings. The maximum atomic E-state index is 12.3. The van der Waals surface area contributed by atoms with Crippen LogP contribution in [-0.2, 0) is 0 Å². The lowest BCUT2D eigenvalue weighted by Crippen LogP contribution is -2.11. The Labute approximate surface area is 157 Å². The zero-order valence-corrected chi connectivity index (χ0v) is 14.9. The fraction of sp³-hybridized carbons (Fsp3) is 0. The minimum atomic E-state index is -0.183. The van der Waals surface area contributed by atoms with Crippen LogP contribution in [0.3, 0.4) is 0 Å². The van der Waals surface area contributed by atoms with Crippen molar-refractivity contribution in [3.63, 3.8) is 0 Å². The predicted octanol–water partition coefficient (Wildman–Crippen LogP) is 5.01. The highest BCUT2D eigenvalue weighted by Crippen LogP contribution is 2.25. The summed E-state index contributed by atoms with van der Waals surface area (Å²) in [6, 6.07) is 17.9. The van der Waals surface area contributed by atoms with Crippen LogP contribution in [0.2, 0.25) is 0 Å². The third-order valence-electron chi connectivity index (χ3n) is 3.63. The average molecular weight is 410 g/mol. The van der Waals surface area contributed by atoms with Gasteiger partial charge in [-0.2, -0.15) is 0 Å². The van der Waals surface area contributed by atoms with Crippen molar-refractivity contribution in [1.82, 2.24) is 10.2 Å². The number of benzene rings is 2. The molecule has 2 heterocycles. The average Bonchev–Trinajstić information content (AvgIpc) is 3.34. The quantitative estimate of drug-likeness (QED) is 0.512. The van der Waals surface area contributed by atoms with Gasteiger partial charge < -0.3 is 14.2 Å². The SMILES string of the molecule is O=C(Nc1ccc(-c2nnc(-c3ccco3)o2)cc1)c1cccc(Br)c1. The lowest BCUT2D eigenvalue weighted by Gasteiger charge is -2.06. The third kappa shape index (κ3) is 3.43. The summed E-state index contributed by atoms with van der Waals surface area (Å²) in [7, 11) is 0. The lowest BCUT2D eigenvalue weighted by molar-refractivity contribution is 0.102. The van der Waals surface area contributed by atoms with Gasteiger partial charge in [-0.25, -0.2) is 0 Å². The van der Waals surface area contributed by atoms with Gasteiger partial charge in [-0.3, -0.25) is 4.79 Å². The van der Waals surface area contributed by atoms with Crippen molar-refractivity contribution in [2.75, 3.05) is 5.32 Å². The zero-order valence-electron chi connectivity index (χ0n) is 13.3. The fourth-order valence-corrected chi connectivity index (χ4v) is 2.77. The Hall–Kier alpha value is -3.19. The highest BCUT2D eigenvalue weighted by Gasteiger charge is 2.13. The number of furan rings is 1. The van der Waals surface area contributed by atoms with E-state index in [9.17, 15) is 4.79 Å². The number of hydrogen-bond donors (Lipinski definition) is 1. The van der Waals surface area contributed by atoms with Gasteiger partial charge in [0.15, 0.2) is 5.76 Å². The maximum absolute atomic E-state index is 12.3. The molecule has 0 saturated carbocycles. The normalized spacial score (nSPS) is 10.7. The van der Waals surface area contributed by atoms with E-state index in [4.69, 9.17) is 8.83 Å². The van der Waals surface area contributed by atoms with Crippen LogP contribution in [0.5, 0.6) is 0 Å². The van der Waals surface area contributed by atoms with Gasteiger partial charge in [0.25, 0.3) is 11.8 Å². The van der Waals surface area contributed by atoms with Gasteiger partial charge in [0.1, 0.15) is 0 Å². The van der Waals surface area contributed by atoms with E-state index in [2.05, 4.69) is 31.4 Å². The van der Waals surface area contributed by atoms with E-state index < -0.39 is 0 Å². The van der Waals surface area contributed by atoms with E-state index in [0.29, 0.717) is 28.8 Å². The minimum Gasteiger partial charge on any atom is -0.459 e. The molecule has 4 rings (SSSR count). The second-order valence-electron chi connectivity index (χ2n) is 5.43. The van der Waals surface area contributed by atoms with Crippen LogP contribution in [0.4, 0.5) is 5.69 Å². The van der Waals surface area contributed by atoms with Gasteiger partial charge in [-0.15, -0.1) is 10.2 Å². The number of rotatable bonds is 4. The Morgan fingerprint density at radius 3 is 2.50 bits per heavy atom. The Morgan fingerprint density at radius 1 is 0.962 bits per heavy atom. The Bertz CT molecular complexity index is 1040. The number of anilines is 1. The number of carbonyl (C=O) groups excluding carboxylic acids is 1. The van der Waals surface area contributed by atoms with Crippen molar-refractivity contribution in [1.29, 1.82) is 0 Å². The lowest BCUT2D eigenvalue weighted by atomic mass is 10.2. The summed E-state index contributed by atoms with van der Waals surface area (Å²) >= 11 is 3.36.